The first-order chi connectivity index (χ1) is 17.8. The van der Waals surface area contributed by atoms with Gasteiger partial charge in [-0.15, -0.1) is 0 Å². The van der Waals surface area contributed by atoms with Crippen LogP contribution in [-0.4, -0.2) is 38.8 Å². The maximum absolute atomic E-state index is 13.6. The number of aryl methyl sites for hydroxylation is 1. The summed E-state index contributed by atoms with van der Waals surface area (Å²) in [7, 11) is 1.61. The number of aromatic nitrogens is 2. The molecule has 1 amide bonds. The Morgan fingerprint density at radius 3 is 2.59 bits per heavy atom. The number of rotatable bonds is 6. The number of aliphatic hydroxyl groups excluding tert-OH is 1. The average molecular weight is 496 g/mol. The molecule has 1 saturated heterocycles. The molecule has 0 saturated carbocycles. The summed E-state index contributed by atoms with van der Waals surface area (Å²) in [5, 5.41) is 12.6. The number of methoxy groups -OCH3 is 1. The van der Waals surface area contributed by atoms with Crippen LogP contribution >= 0.6 is 0 Å². The summed E-state index contributed by atoms with van der Waals surface area (Å²) in [4.78, 5) is 36.1. The average Bonchev–Trinajstić information content (AvgIpc) is 3.43. The summed E-state index contributed by atoms with van der Waals surface area (Å²) in [6.45, 7) is 6.06. The number of likely N-dealkylation sites (tertiary alicyclic amines) is 1. The van der Waals surface area contributed by atoms with Gasteiger partial charge in [0.25, 0.3) is 11.7 Å². The zero-order valence-corrected chi connectivity index (χ0v) is 21.3. The van der Waals surface area contributed by atoms with Gasteiger partial charge in [0.2, 0.25) is 0 Å². The molecule has 4 aromatic rings. The van der Waals surface area contributed by atoms with E-state index in [-0.39, 0.29) is 23.8 Å². The number of aliphatic hydroxyl groups is 1. The maximum atomic E-state index is 13.6. The van der Waals surface area contributed by atoms with Gasteiger partial charge in [0.1, 0.15) is 11.5 Å². The second-order valence-electron chi connectivity index (χ2n) is 9.60. The smallest absolute Gasteiger partial charge is 0.296 e. The van der Waals surface area contributed by atoms with Crippen molar-refractivity contribution in [3.05, 3.63) is 101 Å². The number of hydrogen-bond donors (Lipinski definition) is 2. The molecule has 1 aliphatic rings. The van der Waals surface area contributed by atoms with Crippen molar-refractivity contribution in [2.24, 2.45) is 0 Å². The number of benzene rings is 2. The summed E-state index contributed by atoms with van der Waals surface area (Å²) in [6.07, 6.45) is 3.46. The van der Waals surface area contributed by atoms with Gasteiger partial charge in [0.15, 0.2) is 0 Å². The van der Waals surface area contributed by atoms with E-state index in [0.29, 0.717) is 17.0 Å². The Balaban J connectivity index is 1.74. The van der Waals surface area contributed by atoms with E-state index in [1.807, 2.05) is 69.3 Å². The Hall–Kier alpha value is -4.39. The topological polar surface area (TPSA) is 95.5 Å². The third-order valence-corrected chi connectivity index (χ3v) is 6.97. The van der Waals surface area contributed by atoms with Gasteiger partial charge in [-0.1, -0.05) is 38.1 Å². The number of nitrogens with zero attached hydrogens (tertiary/aromatic N) is 2. The van der Waals surface area contributed by atoms with Crippen molar-refractivity contribution in [2.75, 3.05) is 7.11 Å². The highest BCUT2D eigenvalue weighted by Crippen LogP contribution is 2.43. The van der Waals surface area contributed by atoms with Crippen LogP contribution in [0.25, 0.3) is 16.7 Å². The second-order valence-corrected chi connectivity index (χ2v) is 9.60. The Labute approximate surface area is 215 Å². The monoisotopic (exact) mass is 495 g/mol. The molecule has 0 bridgehead atoms. The molecule has 0 spiro atoms. The minimum atomic E-state index is -0.790. The molecule has 7 heteroatoms. The minimum absolute atomic E-state index is 0.0636. The third kappa shape index (κ3) is 4.16. The summed E-state index contributed by atoms with van der Waals surface area (Å²) in [5.41, 5.74) is 4.48. The molecule has 5 rings (SSSR count). The van der Waals surface area contributed by atoms with Crippen molar-refractivity contribution >= 4 is 28.4 Å². The van der Waals surface area contributed by atoms with Gasteiger partial charge in [-0.05, 0) is 54.3 Å². The Kier molecular flexibility index (Phi) is 6.29. The maximum Gasteiger partial charge on any atom is 0.296 e. The Morgan fingerprint density at radius 1 is 1.14 bits per heavy atom. The number of aromatic amines is 1. The lowest BCUT2D eigenvalue weighted by Crippen LogP contribution is -2.29. The molecule has 37 heavy (non-hydrogen) atoms. The molecule has 1 unspecified atom stereocenters. The molecule has 2 aromatic carbocycles. The number of nitrogens with one attached hydrogen (secondary N) is 1. The van der Waals surface area contributed by atoms with E-state index < -0.39 is 17.7 Å². The summed E-state index contributed by atoms with van der Waals surface area (Å²) >= 11 is 0. The quantitative estimate of drug-likeness (QED) is 0.205. The van der Waals surface area contributed by atoms with Crippen molar-refractivity contribution in [1.82, 2.24) is 14.9 Å². The van der Waals surface area contributed by atoms with Crippen molar-refractivity contribution in [3.63, 3.8) is 0 Å². The standard InChI is InChI=1S/C30H29N3O4/c1-17(2)21-14-22(18(3)13-25(21)37-4)28(34)26-27(23-15-32-24-11-6-5-10-20(23)24)33(30(36)29(26)35)16-19-9-7-8-12-31-19/h5-15,17,27,32,34H,16H2,1-4H3/b28-26+. The molecule has 188 valence electrons. The van der Waals surface area contributed by atoms with Crippen molar-refractivity contribution < 1.29 is 19.4 Å². The van der Waals surface area contributed by atoms with E-state index in [4.69, 9.17) is 4.74 Å². The number of H-pyrrole nitrogens is 1. The van der Waals surface area contributed by atoms with E-state index in [0.717, 1.165) is 27.6 Å². The number of fused-ring (bicyclic) bond motifs is 1. The van der Waals surface area contributed by atoms with Crippen LogP contribution in [0.5, 0.6) is 5.75 Å². The fourth-order valence-electron chi connectivity index (χ4n) is 5.08. The summed E-state index contributed by atoms with van der Waals surface area (Å²) in [5.74, 6) is -0.743. The van der Waals surface area contributed by atoms with Gasteiger partial charge in [0.05, 0.1) is 31.0 Å². The first-order valence-corrected chi connectivity index (χ1v) is 12.2. The minimum Gasteiger partial charge on any atom is -0.507 e. The predicted octanol–water partition coefficient (Wildman–Crippen LogP) is 5.63. The summed E-state index contributed by atoms with van der Waals surface area (Å²) < 4.78 is 5.56. The fraction of sp³-hybridized carbons (Fsp3) is 0.233. The fourth-order valence-corrected chi connectivity index (χ4v) is 5.08. The SMILES string of the molecule is COc1cc(C)c(/C(O)=C2\C(=O)C(=O)N(Cc3ccccn3)C2c2c[nH]c3ccccc23)cc1C(C)C. The van der Waals surface area contributed by atoms with Gasteiger partial charge < -0.3 is 19.7 Å². The Bertz CT molecular complexity index is 1540. The number of carbonyl (C=O) groups excluding carboxylic acids is 2. The first kappa shape index (κ1) is 24.3. The highest BCUT2D eigenvalue weighted by molar-refractivity contribution is 6.46. The van der Waals surface area contributed by atoms with Crippen LogP contribution in [0.2, 0.25) is 0 Å². The molecule has 2 N–H and O–H groups in total. The number of hydrogen-bond acceptors (Lipinski definition) is 5. The highest BCUT2D eigenvalue weighted by atomic mass is 16.5. The first-order valence-electron chi connectivity index (χ1n) is 12.2. The van der Waals surface area contributed by atoms with Crippen LogP contribution in [0.1, 0.15) is 53.8 Å². The number of para-hydroxylation sites is 1. The van der Waals surface area contributed by atoms with Crippen molar-refractivity contribution in [2.45, 2.75) is 39.3 Å². The zero-order chi connectivity index (χ0) is 26.3. The van der Waals surface area contributed by atoms with Crippen LogP contribution < -0.4 is 4.74 Å². The molecule has 7 nitrogen and oxygen atoms in total. The zero-order valence-electron chi connectivity index (χ0n) is 21.3. The molecule has 3 heterocycles. The van der Waals surface area contributed by atoms with Crippen LogP contribution in [0.15, 0.2) is 72.6 Å². The van der Waals surface area contributed by atoms with E-state index in [1.165, 1.54) is 4.90 Å². The Morgan fingerprint density at radius 2 is 1.89 bits per heavy atom. The van der Waals surface area contributed by atoms with E-state index in [2.05, 4.69) is 9.97 Å². The molecule has 1 aliphatic heterocycles. The lowest BCUT2D eigenvalue weighted by molar-refractivity contribution is -0.140. The van der Waals surface area contributed by atoms with Gasteiger partial charge in [-0.3, -0.25) is 14.6 Å². The van der Waals surface area contributed by atoms with E-state index in [9.17, 15) is 14.7 Å². The second kappa shape index (κ2) is 9.58. The van der Waals surface area contributed by atoms with Crippen LogP contribution in [0.3, 0.4) is 0 Å². The third-order valence-electron chi connectivity index (χ3n) is 6.97. The highest BCUT2D eigenvalue weighted by Gasteiger charge is 2.47. The van der Waals surface area contributed by atoms with Crippen LogP contribution in [0, 0.1) is 6.92 Å². The summed E-state index contributed by atoms with van der Waals surface area (Å²) in [6, 6.07) is 16.1. The van der Waals surface area contributed by atoms with Gasteiger partial charge >= 0.3 is 0 Å². The molecule has 2 aromatic heterocycles. The number of Topliss-reactive ketones (excluding diaryl/α,β-unsaturated/α-hetero) is 1. The molecule has 1 atom stereocenters. The molecular weight excluding hydrogens is 466 g/mol. The number of carbonyl (C=O) groups is 2. The van der Waals surface area contributed by atoms with E-state index in [1.54, 1.807) is 25.6 Å². The molecular formula is C30H29N3O4. The number of amides is 1. The number of ether oxygens (including phenoxy) is 1. The largest absolute Gasteiger partial charge is 0.507 e. The molecule has 1 fully saturated rings. The van der Waals surface area contributed by atoms with Gasteiger partial charge in [0, 0.05) is 34.4 Å². The van der Waals surface area contributed by atoms with Crippen molar-refractivity contribution in [3.8, 4) is 5.75 Å². The van der Waals surface area contributed by atoms with Gasteiger partial charge in [-0.2, -0.15) is 0 Å². The molecule has 0 radical (unpaired) electrons. The lowest BCUT2D eigenvalue weighted by Gasteiger charge is -2.25. The molecule has 0 aliphatic carbocycles. The normalized spacial score (nSPS) is 17.2. The van der Waals surface area contributed by atoms with Crippen LogP contribution in [-0.2, 0) is 16.1 Å². The predicted molar refractivity (Wildman–Crippen MR) is 142 cm³/mol. The number of pyridine rings is 1. The van der Waals surface area contributed by atoms with Crippen molar-refractivity contribution in [1.29, 1.82) is 0 Å². The van der Waals surface area contributed by atoms with Crippen LogP contribution in [0.4, 0.5) is 0 Å². The number of ketones is 1. The van der Waals surface area contributed by atoms with E-state index >= 15 is 0 Å². The van der Waals surface area contributed by atoms with Gasteiger partial charge in [-0.25, -0.2) is 0 Å². The lowest BCUT2D eigenvalue weighted by atomic mass is 9.91.